The normalized spacial score (nSPS) is 20.9. The van der Waals surface area contributed by atoms with E-state index in [-0.39, 0.29) is 25.7 Å². The van der Waals surface area contributed by atoms with Crippen LogP contribution in [0.15, 0.2) is 96.1 Å². The van der Waals surface area contributed by atoms with Crippen LogP contribution in [0.2, 0.25) is 0 Å². The van der Waals surface area contributed by atoms with Gasteiger partial charge in [0.05, 0.1) is 38.1 Å². The van der Waals surface area contributed by atoms with Crippen molar-refractivity contribution in [3.63, 3.8) is 0 Å². The second-order valence-electron chi connectivity index (χ2n) is 10.7. The molecule has 0 amide bonds. The zero-order valence-electron chi connectivity index (χ0n) is 25.1. The number of allylic oxidation sites excluding steroid dienone is 3. The van der Waals surface area contributed by atoms with Gasteiger partial charge in [0.1, 0.15) is 17.4 Å². The molecule has 3 atom stereocenters. The molecule has 1 N–H and O–H groups in total. The average molecular weight is 598 g/mol. The predicted molar refractivity (Wildman–Crippen MR) is 163 cm³/mol. The first kappa shape index (κ1) is 30.6. The highest BCUT2D eigenvalue weighted by Crippen LogP contribution is 2.45. The van der Waals surface area contributed by atoms with Gasteiger partial charge in [0.15, 0.2) is 11.8 Å². The number of ketones is 1. The van der Waals surface area contributed by atoms with Gasteiger partial charge in [-0.25, -0.2) is 9.18 Å². The number of carbonyl (C=O) groups excluding carboxylic acids is 2. The Hall–Kier alpha value is -4.88. The van der Waals surface area contributed by atoms with Crippen LogP contribution in [-0.2, 0) is 20.7 Å². The maximum absolute atomic E-state index is 15.0. The van der Waals surface area contributed by atoms with E-state index in [2.05, 4.69) is 22.4 Å². The molecule has 0 aromatic heterocycles. The van der Waals surface area contributed by atoms with Gasteiger partial charge in [-0.1, -0.05) is 42.5 Å². The molecule has 3 unspecified atom stereocenters. The Morgan fingerprint density at radius 1 is 1.14 bits per heavy atom. The monoisotopic (exact) mass is 597 g/mol. The lowest BCUT2D eigenvalue weighted by molar-refractivity contribution is -0.150. The summed E-state index contributed by atoms with van der Waals surface area (Å²) in [4.78, 5) is 32.3. The van der Waals surface area contributed by atoms with E-state index in [1.165, 1.54) is 12.1 Å². The van der Waals surface area contributed by atoms with Crippen LogP contribution < -0.4 is 10.1 Å². The van der Waals surface area contributed by atoms with Gasteiger partial charge >= 0.3 is 5.97 Å². The maximum atomic E-state index is 15.0. The van der Waals surface area contributed by atoms with Gasteiger partial charge in [0.25, 0.3) is 0 Å². The molecular weight excluding hydrogens is 561 g/mol. The first-order chi connectivity index (χ1) is 21.4. The van der Waals surface area contributed by atoms with Crippen molar-refractivity contribution in [1.82, 2.24) is 20.0 Å². The van der Waals surface area contributed by atoms with Gasteiger partial charge in [-0.05, 0) is 61.5 Å². The third-order valence-electron chi connectivity index (χ3n) is 8.09. The third-order valence-corrected chi connectivity index (χ3v) is 8.09. The van der Waals surface area contributed by atoms with Crippen molar-refractivity contribution in [2.45, 2.75) is 37.9 Å². The standard InChI is InChI=1S/C34H36FN5O4/c1-4-44-34(42)33-30(41)20-31-39(22-37-17-16-25-10-7-8-18-38(25)2)32(23-12-14-26(43-3)15-13-23)27(21-36)29(40(31)33)19-24-9-5-6-11-28(24)35/h5-15,18,20,25,32-33,37H,4,16-17,19,22H2,1-3H3. The molecule has 3 heterocycles. The van der Waals surface area contributed by atoms with E-state index in [0.29, 0.717) is 34.9 Å². The highest BCUT2D eigenvalue weighted by atomic mass is 19.1. The second-order valence-corrected chi connectivity index (χ2v) is 10.7. The summed E-state index contributed by atoms with van der Waals surface area (Å²) in [6.07, 6.45) is 10.4. The van der Waals surface area contributed by atoms with Crippen LogP contribution in [0.25, 0.3) is 0 Å². The van der Waals surface area contributed by atoms with Crippen LogP contribution in [0.1, 0.15) is 30.5 Å². The Kier molecular flexibility index (Phi) is 9.46. The van der Waals surface area contributed by atoms with Crippen LogP contribution in [0, 0.1) is 17.1 Å². The van der Waals surface area contributed by atoms with Crippen molar-refractivity contribution >= 4 is 11.8 Å². The SMILES string of the molecule is CCOC(=O)C1C(=O)C=C2N(CNCCC3C=CC=CN3C)C(c3ccc(OC)cc3)C(C#N)=C(Cc3ccccc3F)N21. The summed E-state index contributed by atoms with van der Waals surface area (Å²) in [5.41, 5.74) is 1.81. The number of ether oxygens (including phenoxy) is 2. The van der Waals surface area contributed by atoms with Gasteiger partial charge in [-0.2, -0.15) is 5.26 Å². The molecule has 3 aliphatic rings. The Balaban J connectivity index is 1.58. The lowest BCUT2D eigenvalue weighted by Gasteiger charge is -2.46. The molecule has 0 bridgehead atoms. The Morgan fingerprint density at radius 2 is 1.91 bits per heavy atom. The van der Waals surface area contributed by atoms with Crippen molar-refractivity contribution < 1.29 is 23.5 Å². The quantitative estimate of drug-likeness (QED) is 0.232. The number of esters is 1. The number of fused-ring (bicyclic) bond motifs is 1. The summed E-state index contributed by atoms with van der Waals surface area (Å²) < 4.78 is 25.7. The number of hydrogen-bond donors (Lipinski definition) is 1. The fourth-order valence-corrected chi connectivity index (χ4v) is 5.88. The van der Waals surface area contributed by atoms with Gasteiger partial charge < -0.3 is 24.2 Å². The molecule has 2 aromatic rings. The largest absolute Gasteiger partial charge is 0.497 e. The number of nitrogens with zero attached hydrogens (tertiary/aromatic N) is 4. The molecule has 0 saturated carbocycles. The summed E-state index contributed by atoms with van der Waals surface area (Å²) in [6, 6.07) is 14.3. The number of hydrogen-bond acceptors (Lipinski definition) is 9. The molecule has 5 rings (SSSR count). The summed E-state index contributed by atoms with van der Waals surface area (Å²) in [5.74, 6) is -0.515. The Bertz CT molecular complexity index is 1560. The fraction of sp³-hybridized carbons (Fsp3) is 0.324. The number of benzene rings is 2. The zero-order valence-corrected chi connectivity index (χ0v) is 25.1. The Labute approximate surface area is 257 Å². The van der Waals surface area contributed by atoms with Gasteiger partial charge in [0.2, 0.25) is 0 Å². The molecule has 0 saturated heterocycles. The second kappa shape index (κ2) is 13.6. The van der Waals surface area contributed by atoms with Crippen molar-refractivity contribution in [2.24, 2.45) is 0 Å². The van der Waals surface area contributed by atoms with Crippen molar-refractivity contribution in [3.05, 3.63) is 113 Å². The maximum Gasteiger partial charge on any atom is 0.337 e. The van der Waals surface area contributed by atoms with Gasteiger partial charge in [0, 0.05) is 31.3 Å². The molecule has 0 spiro atoms. The molecule has 0 radical (unpaired) electrons. The topological polar surface area (TPSA) is 98.1 Å². The molecular formula is C34H36FN5O4. The van der Waals surface area contributed by atoms with Crippen LogP contribution in [0.3, 0.4) is 0 Å². The zero-order chi connectivity index (χ0) is 31.2. The van der Waals surface area contributed by atoms with E-state index in [9.17, 15) is 19.2 Å². The molecule has 44 heavy (non-hydrogen) atoms. The highest BCUT2D eigenvalue weighted by molar-refractivity contribution is 6.11. The number of halogens is 1. The first-order valence-electron chi connectivity index (χ1n) is 14.6. The smallest absolute Gasteiger partial charge is 0.337 e. The summed E-state index contributed by atoms with van der Waals surface area (Å²) >= 11 is 0. The van der Waals surface area contributed by atoms with Crippen molar-refractivity contribution in [1.29, 1.82) is 5.26 Å². The van der Waals surface area contributed by atoms with Gasteiger partial charge in [-0.15, -0.1) is 0 Å². The van der Waals surface area contributed by atoms with Crippen LogP contribution >= 0.6 is 0 Å². The van der Waals surface area contributed by atoms with Crippen LogP contribution in [0.4, 0.5) is 4.39 Å². The lowest BCUT2D eigenvalue weighted by atomic mass is 9.90. The van der Waals surface area contributed by atoms with E-state index in [1.54, 1.807) is 37.1 Å². The minimum atomic E-state index is -1.32. The minimum absolute atomic E-state index is 0.00210. The first-order valence-corrected chi connectivity index (χ1v) is 14.6. The van der Waals surface area contributed by atoms with E-state index in [4.69, 9.17) is 9.47 Å². The third kappa shape index (κ3) is 6.10. The Morgan fingerprint density at radius 3 is 2.59 bits per heavy atom. The summed E-state index contributed by atoms with van der Waals surface area (Å²) in [6.45, 7) is 2.68. The van der Waals surface area contributed by atoms with Crippen LogP contribution in [-0.4, -0.2) is 72.5 Å². The van der Waals surface area contributed by atoms with Crippen LogP contribution in [0.5, 0.6) is 5.75 Å². The molecule has 0 aliphatic carbocycles. The summed E-state index contributed by atoms with van der Waals surface area (Å²) in [7, 11) is 3.61. The molecule has 10 heteroatoms. The van der Waals surface area contributed by atoms with Gasteiger partial charge in [-0.3, -0.25) is 10.1 Å². The average Bonchev–Trinajstić information content (AvgIpc) is 3.38. The molecule has 0 fully saturated rings. The molecule has 3 aliphatic heterocycles. The van der Waals surface area contributed by atoms with E-state index in [0.717, 1.165) is 12.0 Å². The summed E-state index contributed by atoms with van der Waals surface area (Å²) in [5, 5.41) is 14.2. The molecule has 9 nitrogen and oxygen atoms in total. The van der Waals surface area contributed by atoms with E-state index >= 15 is 0 Å². The number of likely N-dealkylation sites (N-methyl/N-ethyl adjacent to an activating group) is 1. The van der Waals surface area contributed by atoms with Crippen molar-refractivity contribution in [2.75, 3.05) is 34.0 Å². The minimum Gasteiger partial charge on any atom is -0.497 e. The highest BCUT2D eigenvalue weighted by Gasteiger charge is 2.49. The predicted octanol–water partition coefficient (Wildman–Crippen LogP) is 4.19. The molecule has 228 valence electrons. The lowest BCUT2D eigenvalue weighted by Crippen LogP contribution is -2.51. The molecule has 2 aromatic carbocycles. The fourth-order valence-electron chi connectivity index (χ4n) is 5.88. The number of nitriles is 1. The number of carbonyl (C=O) groups is 2. The van der Waals surface area contributed by atoms with Crippen molar-refractivity contribution in [3.8, 4) is 11.8 Å². The van der Waals surface area contributed by atoms with E-state index in [1.807, 2.05) is 54.6 Å². The number of rotatable bonds is 11. The van der Waals surface area contributed by atoms with E-state index < -0.39 is 29.7 Å². The number of methoxy groups -OCH3 is 1. The number of nitrogens with one attached hydrogen (secondary N) is 1.